The van der Waals surface area contributed by atoms with Crippen LogP contribution in [0.25, 0.3) is 0 Å². The molecule has 0 spiro atoms. The molecular weight excluding hydrogens is 296 g/mol. The molecule has 0 amide bonds. The maximum Gasteiger partial charge on any atom is 0.194 e. The fourth-order valence-electron chi connectivity index (χ4n) is 3.16. The molecule has 3 rings (SSSR count). The standard InChI is InChI=1S/C20H28N4/c1-4-21-19(24(3)15-18-11-8-14-23(18)2)22-16-20(12-13-20)17-9-6-5-7-10-17/h5-11,14H,4,12-13,15-16H2,1-3H3,(H,21,22). The molecule has 0 saturated heterocycles. The Balaban J connectivity index is 1.71. The molecule has 1 aromatic carbocycles. The maximum atomic E-state index is 4.96. The van der Waals surface area contributed by atoms with Gasteiger partial charge in [-0.25, -0.2) is 0 Å². The smallest absolute Gasteiger partial charge is 0.194 e. The van der Waals surface area contributed by atoms with Crippen molar-refractivity contribution >= 4 is 5.96 Å². The van der Waals surface area contributed by atoms with Gasteiger partial charge in [0.15, 0.2) is 5.96 Å². The fraction of sp³-hybridized carbons (Fsp3) is 0.450. The molecule has 0 aliphatic heterocycles. The number of hydrogen-bond donors (Lipinski definition) is 1. The van der Waals surface area contributed by atoms with Crippen molar-refractivity contribution < 1.29 is 0 Å². The Morgan fingerprint density at radius 1 is 1.21 bits per heavy atom. The van der Waals surface area contributed by atoms with Crippen LogP contribution in [0.1, 0.15) is 31.0 Å². The molecule has 4 nitrogen and oxygen atoms in total. The van der Waals surface area contributed by atoms with Gasteiger partial charge in [-0.05, 0) is 37.5 Å². The Morgan fingerprint density at radius 2 is 1.96 bits per heavy atom. The molecule has 1 N–H and O–H groups in total. The predicted molar refractivity (Wildman–Crippen MR) is 100 cm³/mol. The highest BCUT2D eigenvalue weighted by Crippen LogP contribution is 2.48. The van der Waals surface area contributed by atoms with Crippen molar-refractivity contribution in [2.24, 2.45) is 12.0 Å². The number of rotatable bonds is 6. The van der Waals surface area contributed by atoms with Gasteiger partial charge < -0.3 is 14.8 Å². The fourth-order valence-corrected chi connectivity index (χ4v) is 3.16. The first kappa shape index (κ1) is 16.6. The molecule has 24 heavy (non-hydrogen) atoms. The monoisotopic (exact) mass is 324 g/mol. The predicted octanol–water partition coefficient (Wildman–Crippen LogP) is 3.15. The summed E-state index contributed by atoms with van der Waals surface area (Å²) >= 11 is 0. The molecule has 1 aromatic heterocycles. The molecule has 1 saturated carbocycles. The zero-order valence-electron chi connectivity index (χ0n) is 15.0. The van der Waals surface area contributed by atoms with E-state index < -0.39 is 0 Å². The summed E-state index contributed by atoms with van der Waals surface area (Å²) in [5.41, 5.74) is 2.97. The zero-order valence-corrected chi connectivity index (χ0v) is 15.0. The molecule has 1 heterocycles. The molecule has 0 unspecified atom stereocenters. The van der Waals surface area contributed by atoms with Crippen LogP contribution >= 0.6 is 0 Å². The van der Waals surface area contributed by atoms with Gasteiger partial charge in [-0.1, -0.05) is 30.3 Å². The van der Waals surface area contributed by atoms with E-state index in [1.807, 2.05) is 0 Å². The van der Waals surface area contributed by atoms with Gasteiger partial charge in [-0.2, -0.15) is 0 Å². The van der Waals surface area contributed by atoms with Gasteiger partial charge in [-0.15, -0.1) is 0 Å². The molecule has 0 bridgehead atoms. The summed E-state index contributed by atoms with van der Waals surface area (Å²) in [7, 11) is 4.19. The minimum Gasteiger partial charge on any atom is -0.357 e. The van der Waals surface area contributed by atoms with Crippen molar-refractivity contribution in [3.8, 4) is 0 Å². The summed E-state index contributed by atoms with van der Waals surface area (Å²) in [4.78, 5) is 7.16. The van der Waals surface area contributed by atoms with E-state index >= 15 is 0 Å². The van der Waals surface area contributed by atoms with Crippen molar-refractivity contribution in [1.29, 1.82) is 0 Å². The summed E-state index contributed by atoms with van der Waals surface area (Å²) in [5.74, 6) is 0.987. The first-order chi connectivity index (χ1) is 11.6. The van der Waals surface area contributed by atoms with Crippen LogP contribution < -0.4 is 5.32 Å². The molecule has 1 aliphatic rings. The maximum absolute atomic E-state index is 4.96. The third-order valence-electron chi connectivity index (χ3n) is 4.92. The molecule has 0 radical (unpaired) electrons. The van der Waals surface area contributed by atoms with Gasteiger partial charge in [0.1, 0.15) is 0 Å². The second kappa shape index (κ2) is 7.12. The minimum atomic E-state index is 0.258. The average Bonchev–Trinajstić information content (AvgIpc) is 3.29. The quantitative estimate of drug-likeness (QED) is 0.654. The van der Waals surface area contributed by atoms with E-state index in [0.29, 0.717) is 0 Å². The van der Waals surface area contributed by atoms with Crippen LogP contribution in [0.2, 0.25) is 0 Å². The third kappa shape index (κ3) is 3.64. The number of hydrogen-bond acceptors (Lipinski definition) is 1. The summed E-state index contributed by atoms with van der Waals surface area (Å²) in [6.07, 6.45) is 4.56. The third-order valence-corrected chi connectivity index (χ3v) is 4.92. The van der Waals surface area contributed by atoms with E-state index in [9.17, 15) is 0 Å². The number of nitrogens with one attached hydrogen (secondary N) is 1. The lowest BCUT2D eigenvalue weighted by Crippen LogP contribution is -2.39. The number of aromatic nitrogens is 1. The second-order valence-corrected chi connectivity index (χ2v) is 6.78. The molecular formula is C20H28N4. The highest BCUT2D eigenvalue weighted by Gasteiger charge is 2.44. The lowest BCUT2D eigenvalue weighted by molar-refractivity contribution is 0.460. The Hall–Kier alpha value is -2.23. The lowest BCUT2D eigenvalue weighted by atomic mass is 9.96. The first-order valence-electron chi connectivity index (χ1n) is 8.80. The van der Waals surface area contributed by atoms with Crippen LogP contribution in [-0.4, -0.2) is 35.6 Å². The van der Waals surface area contributed by atoms with Crippen LogP contribution in [0.5, 0.6) is 0 Å². The van der Waals surface area contributed by atoms with Gasteiger partial charge >= 0.3 is 0 Å². The SMILES string of the molecule is CCNC(=NCC1(c2ccccc2)CC1)N(C)Cc1cccn1C. The van der Waals surface area contributed by atoms with Crippen molar-refractivity contribution in [1.82, 2.24) is 14.8 Å². The van der Waals surface area contributed by atoms with Gasteiger partial charge in [0.2, 0.25) is 0 Å². The molecule has 128 valence electrons. The van der Waals surface area contributed by atoms with E-state index in [2.05, 4.69) is 84.5 Å². The molecule has 1 fully saturated rings. The number of aryl methyl sites for hydroxylation is 1. The van der Waals surface area contributed by atoms with E-state index in [-0.39, 0.29) is 5.41 Å². The Bertz CT molecular complexity index is 683. The lowest BCUT2D eigenvalue weighted by Gasteiger charge is -2.23. The van der Waals surface area contributed by atoms with Crippen LogP contribution in [-0.2, 0) is 19.0 Å². The zero-order chi connectivity index (χ0) is 17.0. The van der Waals surface area contributed by atoms with E-state index in [1.165, 1.54) is 24.1 Å². The summed E-state index contributed by atoms with van der Waals surface area (Å²) in [5, 5.41) is 3.43. The van der Waals surface area contributed by atoms with Crippen LogP contribution in [0.3, 0.4) is 0 Å². The first-order valence-corrected chi connectivity index (χ1v) is 8.80. The highest BCUT2D eigenvalue weighted by atomic mass is 15.3. The minimum absolute atomic E-state index is 0.258. The van der Waals surface area contributed by atoms with Crippen LogP contribution in [0, 0.1) is 0 Å². The van der Waals surface area contributed by atoms with E-state index in [4.69, 9.17) is 4.99 Å². The number of benzene rings is 1. The average molecular weight is 324 g/mol. The molecule has 1 aliphatic carbocycles. The normalized spacial score (nSPS) is 16.0. The summed E-state index contributed by atoms with van der Waals surface area (Å²) in [6.45, 7) is 4.72. The van der Waals surface area contributed by atoms with Crippen molar-refractivity contribution in [3.05, 3.63) is 59.9 Å². The molecule has 0 atom stereocenters. The largest absolute Gasteiger partial charge is 0.357 e. The van der Waals surface area contributed by atoms with E-state index in [1.54, 1.807) is 0 Å². The Morgan fingerprint density at radius 3 is 2.54 bits per heavy atom. The number of aliphatic imine (C=N–C) groups is 1. The van der Waals surface area contributed by atoms with Gasteiger partial charge in [0.05, 0.1) is 13.1 Å². The Kier molecular flexibility index (Phi) is 4.93. The topological polar surface area (TPSA) is 32.6 Å². The summed E-state index contributed by atoms with van der Waals surface area (Å²) in [6, 6.07) is 15.1. The number of guanidine groups is 1. The highest BCUT2D eigenvalue weighted by molar-refractivity contribution is 5.79. The second-order valence-electron chi connectivity index (χ2n) is 6.78. The number of nitrogens with zero attached hydrogens (tertiary/aromatic N) is 3. The molecule has 2 aromatic rings. The molecule has 4 heteroatoms. The van der Waals surface area contributed by atoms with Crippen molar-refractivity contribution in [2.75, 3.05) is 20.1 Å². The van der Waals surface area contributed by atoms with Gasteiger partial charge in [-0.3, -0.25) is 4.99 Å². The van der Waals surface area contributed by atoms with Crippen molar-refractivity contribution in [3.63, 3.8) is 0 Å². The Labute approximate surface area is 145 Å². The van der Waals surface area contributed by atoms with Gasteiger partial charge in [0, 0.05) is 37.9 Å². The van der Waals surface area contributed by atoms with Crippen LogP contribution in [0.15, 0.2) is 53.7 Å². The van der Waals surface area contributed by atoms with E-state index in [0.717, 1.165) is 25.6 Å². The van der Waals surface area contributed by atoms with Crippen molar-refractivity contribution in [2.45, 2.75) is 31.7 Å². The van der Waals surface area contributed by atoms with Gasteiger partial charge in [0.25, 0.3) is 0 Å². The van der Waals surface area contributed by atoms with Crippen LogP contribution in [0.4, 0.5) is 0 Å². The summed E-state index contributed by atoms with van der Waals surface area (Å²) < 4.78 is 2.16.